The van der Waals surface area contributed by atoms with Crippen molar-refractivity contribution >= 4 is 23.0 Å². The fourth-order valence-electron chi connectivity index (χ4n) is 1.97. The van der Waals surface area contributed by atoms with Gasteiger partial charge in [-0.05, 0) is 44.1 Å². The van der Waals surface area contributed by atoms with Crippen molar-refractivity contribution in [2.24, 2.45) is 0 Å². The average molecular weight is 250 g/mol. The molecule has 0 saturated carbocycles. The van der Waals surface area contributed by atoms with E-state index in [1.807, 2.05) is 31.2 Å². The quantitative estimate of drug-likeness (QED) is 0.834. The zero-order valence-electron chi connectivity index (χ0n) is 10.1. The fourth-order valence-corrected chi connectivity index (χ4v) is 2.26. The minimum Gasteiger partial charge on any atom is -0.492 e. The van der Waals surface area contributed by atoms with Crippen LogP contribution in [0.3, 0.4) is 0 Å². The topological polar surface area (TPSA) is 24.5 Å². The van der Waals surface area contributed by atoms with Crippen molar-refractivity contribution in [2.45, 2.75) is 19.8 Å². The lowest BCUT2D eigenvalue weighted by molar-refractivity contribution is 0.342. The molecular formula is C13H18N2OS. The second kappa shape index (κ2) is 5.87. The van der Waals surface area contributed by atoms with Crippen LogP contribution in [0.5, 0.6) is 5.75 Å². The van der Waals surface area contributed by atoms with Crippen molar-refractivity contribution in [1.29, 1.82) is 0 Å². The molecule has 1 N–H and O–H groups in total. The van der Waals surface area contributed by atoms with Gasteiger partial charge in [-0.2, -0.15) is 0 Å². The number of hydrogen-bond acceptors (Lipinski definition) is 2. The van der Waals surface area contributed by atoms with E-state index in [1.165, 1.54) is 12.8 Å². The third-order valence-electron chi connectivity index (χ3n) is 2.82. The zero-order valence-corrected chi connectivity index (χ0v) is 10.9. The molecule has 0 spiro atoms. The summed E-state index contributed by atoms with van der Waals surface area (Å²) in [5.41, 5.74) is 0.950. The maximum atomic E-state index is 5.56. The molecular weight excluding hydrogens is 232 g/mol. The number of para-hydroxylation sites is 2. The highest BCUT2D eigenvalue weighted by Gasteiger charge is 2.15. The summed E-state index contributed by atoms with van der Waals surface area (Å²) in [6.45, 7) is 4.76. The maximum absolute atomic E-state index is 5.56. The highest BCUT2D eigenvalue weighted by Crippen LogP contribution is 2.24. The standard InChI is InChI=1S/C13H18N2OS/c1-2-16-12-8-4-3-7-11(12)14-13(17)15-9-5-6-10-15/h3-4,7-8H,2,5-6,9-10H2,1H3,(H,14,17). The van der Waals surface area contributed by atoms with E-state index < -0.39 is 0 Å². The van der Waals surface area contributed by atoms with Crippen LogP contribution in [0.1, 0.15) is 19.8 Å². The number of ether oxygens (including phenoxy) is 1. The second-order valence-electron chi connectivity index (χ2n) is 4.05. The van der Waals surface area contributed by atoms with Gasteiger partial charge in [-0.1, -0.05) is 12.1 Å². The van der Waals surface area contributed by atoms with Gasteiger partial charge in [-0.3, -0.25) is 0 Å². The molecule has 17 heavy (non-hydrogen) atoms. The first kappa shape index (κ1) is 12.2. The number of anilines is 1. The molecule has 1 fully saturated rings. The Labute approximate surface area is 108 Å². The molecule has 92 valence electrons. The molecule has 1 saturated heterocycles. The summed E-state index contributed by atoms with van der Waals surface area (Å²) in [5.74, 6) is 0.858. The smallest absolute Gasteiger partial charge is 0.173 e. The predicted molar refractivity (Wildman–Crippen MR) is 74.6 cm³/mol. The van der Waals surface area contributed by atoms with Crippen LogP contribution in [-0.4, -0.2) is 29.7 Å². The highest BCUT2D eigenvalue weighted by molar-refractivity contribution is 7.80. The molecule has 1 aromatic rings. The van der Waals surface area contributed by atoms with Gasteiger partial charge in [0, 0.05) is 13.1 Å². The Kier molecular flexibility index (Phi) is 4.20. The Bertz CT molecular complexity index is 389. The molecule has 1 aromatic carbocycles. The first-order valence-corrected chi connectivity index (χ1v) is 6.50. The summed E-state index contributed by atoms with van der Waals surface area (Å²) in [6, 6.07) is 7.90. The molecule has 1 aliphatic heterocycles. The summed E-state index contributed by atoms with van der Waals surface area (Å²) in [4.78, 5) is 2.21. The second-order valence-corrected chi connectivity index (χ2v) is 4.44. The molecule has 3 nitrogen and oxygen atoms in total. The van der Waals surface area contributed by atoms with Crippen LogP contribution in [-0.2, 0) is 0 Å². The summed E-state index contributed by atoms with van der Waals surface area (Å²) in [7, 11) is 0. The van der Waals surface area contributed by atoms with Crippen LogP contribution in [0.4, 0.5) is 5.69 Å². The number of thiocarbonyl (C=S) groups is 1. The molecule has 1 aliphatic rings. The van der Waals surface area contributed by atoms with E-state index in [4.69, 9.17) is 17.0 Å². The number of rotatable bonds is 3. The van der Waals surface area contributed by atoms with E-state index in [1.54, 1.807) is 0 Å². The highest BCUT2D eigenvalue weighted by atomic mass is 32.1. The van der Waals surface area contributed by atoms with E-state index in [9.17, 15) is 0 Å². The predicted octanol–water partition coefficient (Wildman–Crippen LogP) is 2.88. The van der Waals surface area contributed by atoms with Crippen LogP contribution in [0.25, 0.3) is 0 Å². The largest absolute Gasteiger partial charge is 0.492 e. The fraction of sp³-hybridized carbons (Fsp3) is 0.462. The number of likely N-dealkylation sites (tertiary alicyclic amines) is 1. The monoisotopic (exact) mass is 250 g/mol. The van der Waals surface area contributed by atoms with Crippen LogP contribution >= 0.6 is 12.2 Å². The molecule has 0 amide bonds. The van der Waals surface area contributed by atoms with Gasteiger partial charge < -0.3 is 15.0 Å². The van der Waals surface area contributed by atoms with Crippen LogP contribution in [0.2, 0.25) is 0 Å². The SMILES string of the molecule is CCOc1ccccc1NC(=S)N1CCCC1. The van der Waals surface area contributed by atoms with Crippen molar-refractivity contribution in [3.63, 3.8) is 0 Å². The Morgan fingerprint density at radius 3 is 2.76 bits per heavy atom. The van der Waals surface area contributed by atoms with Crippen molar-refractivity contribution in [2.75, 3.05) is 25.0 Å². The van der Waals surface area contributed by atoms with Crippen LogP contribution in [0, 0.1) is 0 Å². The van der Waals surface area contributed by atoms with Gasteiger partial charge >= 0.3 is 0 Å². The van der Waals surface area contributed by atoms with Gasteiger partial charge in [0.15, 0.2) is 5.11 Å². The molecule has 0 radical (unpaired) electrons. The van der Waals surface area contributed by atoms with Crippen molar-refractivity contribution < 1.29 is 4.74 Å². The summed E-state index contributed by atoms with van der Waals surface area (Å²) in [5, 5.41) is 4.07. The Balaban J connectivity index is 2.04. The minimum absolute atomic E-state index is 0.662. The normalized spacial score (nSPS) is 14.8. The Hall–Kier alpha value is -1.29. The summed E-state index contributed by atoms with van der Waals surface area (Å²) >= 11 is 5.40. The molecule has 0 bridgehead atoms. The van der Waals surface area contributed by atoms with E-state index in [0.717, 1.165) is 29.6 Å². The van der Waals surface area contributed by atoms with Gasteiger partial charge in [0.2, 0.25) is 0 Å². The first-order chi connectivity index (χ1) is 8.31. The molecule has 1 heterocycles. The lowest BCUT2D eigenvalue weighted by Gasteiger charge is -2.20. The lowest BCUT2D eigenvalue weighted by Crippen LogP contribution is -2.32. The van der Waals surface area contributed by atoms with Crippen molar-refractivity contribution in [3.05, 3.63) is 24.3 Å². The summed E-state index contributed by atoms with van der Waals surface area (Å²) in [6.07, 6.45) is 2.46. The van der Waals surface area contributed by atoms with Gasteiger partial charge in [-0.25, -0.2) is 0 Å². The number of nitrogens with zero attached hydrogens (tertiary/aromatic N) is 1. The van der Waals surface area contributed by atoms with Gasteiger partial charge in [0.25, 0.3) is 0 Å². The van der Waals surface area contributed by atoms with E-state index in [2.05, 4.69) is 10.2 Å². The molecule has 0 unspecified atom stereocenters. The maximum Gasteiger partial charge on any atom is 0.173 e. The number of nitrogens with one attached hydrogen (secondary N) is 1. The summed E-state index contributed by atoms with van der Waals surface area (Å²) < 4.78 is 5.56. The molecule has 0 aromatic heterocycles. The van der Waals surface area contributed by atoms with E-state index in [-0.39, 0.29) is 0 Å². The van der Waals surface area contributed by atoms with E-state index >= 15 is 0 Å². The average Bonchev–Trinajstić information content (AvgIpc) is 2.85. The lowest BCUT2D eigenvalue weighted by atomic mass is 10.3. The molecule has 0 atom stereocenters. The van der Waals surface area contributed by atoms with Gasteiger partial charge in [-0.15, -0.1) is 0 Å². The number of benzene rings is 1. The number of hydrogen-bond donors (Lipinski definition) is 1. The first-order valence-electron chi connectivity index (χ1n) is 6.09. The van der Waals surface area contributed by atoms with Gasteiger partial charge in [0.05, 0.1) is 12.3 Å². The zero-order chi connectivity index (χ0) is 12.1. The van der Waals surface area contributed by atoms with Gasteiger partial charge in [0.1, 0.15) is 5.75 Å². The Morgan fingerprint density at radius 2 is 2.06 bits per heavy atom. The van der Waals surface area contributed by atoms with Crippen LogP contribution < -0.4 is 10.1 Å². The Morgan fingerprint density at radius 1 is 1.35 bits per heavy atom. The van der Waals surface area contributed by atoms with Crippen molar-refractivity contribution in [1.82, 2.24) is 4.90 Å². The molecule has 0 aliphatic carbocycles. The minimum atomic E-state index is 0.662. The van der Waals surface area contributed by atoms with Crippen LogP contribution in [0.15, 0.2) is 24.3 Å². The molecule has 4 heteroatoms. The van der Waals surface area contributed by atoms with E-state index in [0.29, 0.717) is 6.61 Å². The molecule has 2 rings (SSSR count). The third kappa shape index (κ3) is 3.09. The van der Waals surface area contributed by atoms with Crippen molar-refractivity contribution in [3.8, 4) is 5.75 Å². The third-order valence-corrected chi connectivity index (χ3v) is 3.18.